The number of amides is 4. The molecule has 35 heavy (non-hydrogen) atoms. The fourth-order valence-corrected chi connectivity index (χ4v) is 5.33. The zero-order chi connectivity index (χ0) is 25.2. The second-order valence-corrected chi connectivity index (χ2v) is 10.0. The molecule has 0 radical (unpaired) electrons. The van der Waals surface area contributed by atoms with Crippen LogP contribution in [0.15, 0.2) is 48.7 Å². The van der Waals surface area contributed by atoms with Gasteiger partial charge in [-0.05, 0) is 54.4 Å². The molecule has 8 nitrogen and oxygen atoms in total. The molecule has 2 N–H and O–H groups in total. The Bertz CT molecular complexity index is 1120. The topological polar surface area (TPSA) is 108 Å². The van der Waals surface area contributed by atoms with Crippen LogP contribution >= 0.6 is 0 Å². The van der Waals surface area contributed by atoms with Gasteiger partial charge in [-0.3, -0.25) is 29.5 Å². The average molecular weight is 477 g/mol. The third kappa shape index (κ3) is 5.11. The predicted octanol–water partition coefficient (Wildman–Crippen LogP) is 2.58. The third-order valence-electron chi connectivity index (χ3n) is 7.22. The SMILES string of the molecule is Cc1ccnc(C(=O)N[C@@H](C(=O)N2CCC3(CC2)CC(=O)NC(=O)C3c2ccccc2)C(C)C)c1. The van der Waals surface area contributed by atoms with E-state index in [1.807, 2.05) is 57.2 Å². The lowest BCUT2D eigenvalue weighted by Gasteiger charge is -2.48. The highest BCUT2D eigenvalue weighted by molar-refractivity contribution is 6.02. The summed E-state index contributed by atoms with van der Waals surface area (Å²) in [5.41, 5.74) is 1.55. The van der Waals surface area contributed by atoms with Crippen LogP contribution in [-0.4, -0.2) is 52.6 Å². The van der Waals surface area contributed by atoms with E-state index in [0.717, 1.165) is 11.1 Å². The molecule has 0 saturated carbocycles. The summed E-state index contributed by atoms with van der Waals surface area (Å²) in [4.78, 5) is 57.4. The maximum Gasteiger partial charge on any atom is 0.270 e. The molecule has 0 bridgehead atoms. The minimum absolute atomic E-state index is 0.119. The van der Waals surface area contributed by atoms with Crippen LogP contribution in [0.4, 0.5) is 0 Å². The van der Waals surface area contributed by atoms with Crippen LogP contribution < -0.4 is 10.6 Å². The Morgan fingerprint density at radius 1 is 1.11 bits per heavy atom. The minimum Gasteiger partial charge on any atom is -0.341 e. The number of nitrogens with zero attached hydrogens (tertiary/aromatic N) is 2. The number of nitrogens with one attached hydrogen (secondary N) is 2. The summed E-state index contributed by atoms with van der Waals surface area (Å²) < 4.78 is 0. The van der Waals surface area contributed by atoms with Gasteiger partial charge in [0.05, 0.1) is 5.92 Å². The van der Waals surface area contributed by atoms with Gasteiger partial charge in [-0.2, -0.15) is 0 Å². The smallest absolute Gasteiger partial charge is 0.270 e. The number of aromatic nitrogens is 1. The summed E-state index contributed by atoms with van der Waals surface area (Å²) in [7, 11) is 0. The maximum absolute atomic E-state index is 13.5. The first kappa shape index (κ1) is 24.6. The third-order valence-corrected chi connectivity index (χ3v) is 7.22. The fourth-order valence-electron chi connectivity index (χ4n) is 5.33. The molecule has 8 heteroatoms. The zero-order valence-corrected chi connectivity index (χ0v) is 20.4. The van der Waals surface area contributed by atoms with Crippen LogP contribution in [0.1, 0.15) is 60.6 Å². The van der Waals surface area contributed by atoms with Gasteiger partial charge in [0.15, 0.2) is 0 Å². The van der Waals surface area contributed by atoms with Gasteiger partial charge < -0.3 is 10.2 Å². The van der Waals surface area contributed by atoms with E-state index < -0.39 is 17.4 Å². The molecule has 0 aliphatic carbocycles. The van der Waals surface area contributed by atoms with Gasteiger partial charge in [0, 0.05) is 25.7 Å². The molecule has 1 aromatic carbocycles. The number of piperidine rings is 2. The van der Waals surface area contributed by atoms with Crippen molar-refractivity contribution < 1.29 is 19.2 Å². The van der Waals surface area contributed by atoms with Gasteiger partial charge >= 0.3 is 0 Å². The average Bonchev–Trinajstić information content (AvgIpc) is 2.82. The molecule has 2 fully saturated rings. The van der Waals surface area contributed by atoms with Gasteiger partial charge in [0.25, 0.3) is 5.91 Å². The molecule has 2 atom stereocenters. The van der Waals surface area contributed by atoms with Crippen LogP contribution in [-0.2, 0) is 14.4 Å². The van der Waals surface area contributed by atoms with E-state index in [4.69, 9.17) is 0 Å². The van der Waals surface area contributed by atoms with Crippen molar-refractivity contribution in [3.05, 3.63) is 65.5 Å². The Labute approximate surface area is 205 Å². The largest absolute Gasteiger partial charge is 0.341 e. The molecule has 2 aliphatic rings. The van der Waals surface area contributed by atoms with Gasteiger partial charge in [-0.1, -0.05) is 44.2 Å². The summed E-state index contributed by atoms with van der Waals surface area (Å²) in [5.74, 6) is -1.63. The first-order valence-corrected chi connectivity index (χ1v) is 12.1. The minimum atomic E-state index is -0.694. The van der Waals surface area contributed by atoms with Crippen molar-refractivity contribution in [2.24, 2.45) is 11.3 Å². The first-order chi connectivity index (χ1) is 16.7. The highest BCUT2D eigenvalue weighted by Crippen LogP contribution is 2.49. The molecule has 4 amide bonds. The molecule has 4 rings (SSSR count). The van der Waals surface area contributed by atoms with E-state index in [2.05, 4.69) is 15.6 Å². The van der Waals surface area contributed by atoms with Gasteiger partial charge in [-0.25, -0.2) is 0 Å². The number of imide groups is 1. The van der Waals surface area contributed by atoms with Crippen LogP contribution in [0.2, 0.25) is 0 Å². The number of aryl methyl sites for hydroxylation is 1. The number of pyridine rings is 1. The van der Waals surface area contributed by atoms with Crippen molar-refractivity contribution in [1.82, 2.24) is 20.5 Å². The van der Waals surface area contributed by atoms with Crippen LogP contribution in [0.3, 0.4) is 0 Å². The molecular formula is C27H32N4O4. The van der Waals surface area contributed by atoms with E-state index in [-0.39, 0.29) is 41.7 Å². The zero-order valence-electron chi connectivity index (χ0n) is 20.4. The lowest BCUT2D eigenvalue weighted by atomic mass is 9.62. The number of rotatable bonds is 5. The maximum atomic E-state index is 13.5. The van der Waals surface area contributed by atoms with Crippen molar-refractivity contribution in [2.75, 3.05) is 13.1 Å². The van der Waals surface area contributed by atoms with Gasteiger partial charge in [-0.15, -0.1) is 0 Å². The number of hydrogen-bond donors (Lipinski definition) is 2. The molecule has 3 heterocycles. The predicted molar refractivity (Wildman–Crippen MR) is 130 cm³/mol. The number of benzene rings is 1. The Balaban J connectivity index is 1.49. The van der Waals surface area contributed by atoms with E-state index in [9.17, 15) is 19.2 Å². The molecule has 2 aliphatic heterocycles. The summed E-state index contributed by atoms with van der Waals surface area (Å²) >= 11 is 0. The molecule has 1 spiro atoms. The Morgan fingerprint density at radius 2 is 1.80 bits per heavy atom. The summed E-state index contributed by atoms with van der Waals surface area (Å²) in [6.07, 6.45) is 2.90. The first-order valence-electron chi connectivity index (χ1n) is 12.1. The highest BCUT2D eigenvalue weighted by atomic mass is 16.2. The highest BCUT2D eigenvalue weighted by Gasteiger charge is 2.51. The van der Waals surface area contributed by atoms with Gasteiger partial charge in [0.1, 0.15) is 11.7 Å². The summed E-state index contributed by atoms with van der Waals surface area (Å²) in [5, 5.41) is 5.36. The quantitative estimate of drug-likeness (QED) is 0.645. The van der Waals surface area contributed by atoms with E-state index in [1.165, 1.54) is 0 Å². The molecule has 2 aromatic rings. The second kappa shape index (κ2) is 9.98. The van der Waals surface area contributed by atoms with Gasteiger partial charge in [0.2, 0.25) is 17.7 Å². The number of carbonyl (C=O) groups excluding carboxylic acids is 4. The van der Waals surface area contributed by atoms with Crippen molar-refractivity contribution in [3.63, 3.8) is 0 Å². The van der Waals surface area contributed by atoms with Crippen molar-refractivity contribution in [1.29, 1.82) is 0 Å². The Morgan fingerprint density at radius 3 is 2.43 bits per heavy atom. The standard InChI is InChI=1S/C27H32N4O4/c1-17(2)23(30-24(33)20-15-18(3)9-12-28-20)26(35)31-13-10-27(11-14-31)16-21(32)29-25(34)22(27)19-7-5-4-6-8-19/h4-9,12,15,17,22-23H,10-11,13-14,16H2,1-3H3,(H,30,33)(H,29,32,34)/t22?,23-/m1/s1. The Kier molecular flexibility index (Phi) is 7.00. The second-order valence-electron chi connectivity index (χ2n) is 10.0. The van der Waals surface area contributed by atoms with Crippen molar-refractivity contribution >= 4 is 23.6 Å². The fraction of sp³-hybridized carbons (Fsp3) is 0.444. The lowest BCUT2D eigenvalue weighted by Crippen LogP contribution is -2.58. The van der Waals surface area contributed by atoms with E-state index in [1.54, 1.807) is 17.2 Å². The van der Waals surface area contributed by atoms with Crippen molar-refractivity contribution in [3.8, 4) is 0 Å². The van der Waals surface area contributed by atoms with Crippen LogP contribution in [0.5, 0.6) is 0 Å². The normalized spacial score (nSPS) is 20.5. The summed E-state index contributed by atoms with van der Waals surface area (Å²) in [6, 6.07) is 12.3. The summed E-state index contributed by atoms with van der Waals surface area (Å²) in [6.45, 7) is 6.52. The molecule has 1 unspecified atom stereocenters. The molecule has 1 aromatic heterocycles. The van der Waals surface area contributed by atoms with E-state index >= 15 is 0 Å². The molecule has 184 valence electrons. The van der Waals surface area contributed by atoms with Crippen LogP contribution in [0.25, 0.3) is 0 Å². The number of hydrogen-bond acceptors (Lipinski definition) is 5. The van der Waals surface area contributed by atoms with Crippen LogP contribution in [0, 0.1) is 18.3 Å². The van der Waals surface area contributed by atoms with Crippen molar-refractivity contribution in [2.45, 2.75) is 52.0 Å². The number of likely N-dealkylation sites (tertiary alicyclic amines) is 1. The Hall–Kier alpha value is -3.55. The lowest BCUT2D eigenvalue weighted by molar-refractivity contribution is -0.144. The molecular weight excluding hydrogens is 444 g/mol. The van der Waals surface area contributed by atoms with E-state index in [0.29, 0.717) is 25.9 Å². The monoisotopic (exact) mass is 476 g/mol. The number of carbonyl (C=O) groups is 4. The molecule has 2 saturated heterocycles.